The summed E-state index contributed by atoms with van der Waals surface area (Å²) >= 11 is 3.14. The Balaban J connectivity index is 1.73. The van der Waals surface area contributed by atoms with Crippen molar-refractivity contribution in [1.29, 1.82) is 0 Å². The number of ether oxygens (including phenoxy) is 1. The number of hydrogen-bond donors (Lipinski definition) is 0. The smallest absolute Gasteiger partial charge is 0.241 e. The Morgan fingerprint density at radius 1 is 1.08 bits per heavy atom. The Kier molecular flexibility index (Phi) is 4.19. The summed E-state index contributed by atoms with van der Waals surface area (Å²) in [5.41, 5.74) is 0.914. The molecule has 0 unspecified atom stereocenters. The van der Waals surface area contributed by atoms with Gasteiger partial charge in [0.1, 0.15) is 10.4 Å². The lowest BCUT2D eigenvalue weighted by Gasteiger charge is -2.08. The van der Waals surface area contributed by atoms with Gasteiger partial charge in [-0.05, 0) is 34.4 Å². The van der Waals surface area contributed by atoms with Crippen LogP contribution in [-0.4, -0.2) is 15.7 Å². The molecule has 2 aromatic carbocycles. The highest BCUT2D eigenvalue weighted by Gasteiger charge is 2.11. The third kappa shape index (κ3) is 3.00. The standard InChI is InChI=1S/C19H14N2OS2/c1-2-10-24-19-20-16-9-11-23-17(16)18(21-19)22-15-8-7-13-5-3-4-6-14(13)12-15/h2-9,11-12H,1,10H2. The van der Waals surface area contributed by atoms with Gasteiger partial charge in [0.25, 0.3) is 0 Å². The molecule has 24 heavy (non-hydrogen) atoms. The molecule has 0 N–H and O–H groups in total. The van der Waals surface area contributed by atoms with Crippen molar-refractivity contribution in [1.82, 2.24) is 9.97 Å². The second-order valence-corrected chi connectivity index (χ2v) is 7.06. The Labute approximate surface area is 148 Å². The zero-order valence-corrected chi connectivity index (χ0v) is 14.4. The van der Waals surface area contributed by atoms with Crippen molar-refractivity contribution >= 4 is 44.1 Å². The Morgan fingerprint density at radius 3 is 2.83 bits per heavy atom. The van der Waals surface area contributed by atoms with Crippen LogP contribution >= 0.6 is 23.1 Å². The van der Waals surface area contributed by atoms with Crippen molar-refractivity contribution in [2.45, 2.75) is 5.16 Å². The van der Waals surface area contributed by atoms with Gasteiger partial charge in [0.2, 0.25) is 5.88 Å². The molecule has 0 saturated carbocycles. The number of thioether (sulfide) groups is 1. The third-order valence-corrected chi connectivity index (χ3v) is 5.25. The molecule has 2 aromatic heterocycles. The van der Waals surface area contributed by atoms with Crippen LogP contribution in [-0.2, 0) is 0 Å². The zero-order valence-electron chi connectivity index (χ0n) is 12.8. The van der Waals surface area contributed by atoms with Crippen molar-refractivity contribution in [3.05, 3.63) is 66.6 Å². The summed E-state index contributed by atoms with van der Waals surface area (Å²) in [6.45, 7) is 3.74. The molecule has 4 rings (SSSR count). The van der Waals surface area contributed by atoms with Crippen LogP contribution in [0.4, 0.5) is 0 Å². The van der Waals surface area contributed by atoms with Gasteiger partial charge in [0, 0.05) is 5.75 Å². The van der Waals surface area contributed by atoms with Crippen molar-refractivity contribution in [2.24, 2.45) is 0 Å². The minimum Gasteiger partial charge on any atom is -0.437 e. The summed E-state index contributed by atoms with van der Waals surface area (Å²) in [6, 6.07) is 16.3. The number of benzene rings is 2. The molecule has 0 fully saturated rings. The molecule has 2 heterocycles. The molecule has 118 valence electrons. The minimum atomic E-state index is 0.608. The molecule has 0 saturated heterocycles. The molecule has 0 aliphatic rings. The van der Waals surface area contributed by atoms with Crippen molar-refractivity contribution in [3.63, 3.8) is 0 Å². The van der Waals surface area contributed by atoms with E-state index in [2.05, 4.69) is 34.7 Å². The van der Waals surface area contributed by atoms with Crippen LogP contribution in [0.3, 0.4) is 0 Å². The first-order chi connectivity index (χ1) is 11.8. The first-order valence-corrected chi connectivity index (χ1v) is 9.35. The Bertz CT molecular complexity index is 1030. The largest absolute Gasteiger partial charge is 0.437 e. The number of aromatic nitrogens is 2. The summed E-state index contributed by atoms with van der Waals surface area (Å²) < 4.78 is 7.06. The maximum Gasteiger partial charge on any atom is 0.241 e. The molecular weight excluding hydrogens is 336 g/mol. The van der Waals surface area contributed by atoms with E-state index in [0.29, 0.717) is 11.0 Å². The Hall–Kier alpha value is -2.37. The highest BCUT2D eigenvalue weighted by molar-refractivity contribution is 7.99. The monoisotopic (exact) mass is 350 g/mol. The van der Waals surface area contributed by atoms with Gasteiger partial charge in [-0.1, -0.05) is 48.2 Å². The van der Waals surface area contributed by atoms with E-state index in [1.54, 1.807) is 23.1 Å². The van der Waals surface area contributed by atoms with Crippen molar-refractivity contribution in [2.75, 3.05) is 5.75 Å². The molecule has 3 nitrogen and oxygen atoms in total. The van der Waals surface area contributed by atoms with Gasteiger partial charge in [-0.25, -0.2) is 4.98 Å². The number of hydrogen-bond acceptors (Lipinski definition) is 5. The molecule has 0 spiro atoms. The van der Waals surface area contributed by atoms with Gasteiger partial charge in [0.05, 0.1) is 5.52 Å². The van der Waals surface area contributed by atoms with Crippen molar-refractivity contribution in [3.8, 4) is 11.6 Å². The quantitative estimate of drug-likeness (QED) is 0.254. The number of fused-ring (bicyclic) bond motifs is 2. The van der Waals surface area contributed by atoms with Crippen LogP contribution in [0.5, 0.6) is 11.6 Å². The van der Waals surface area contributed by atoms with Crippen LogP contribution < -0.4 is 4.74 Å². The van der Waals surface area contributed by atoms with E-state index in [4.69, 9.17) is 4.74 Å². The van der Waals surface area contributed by atoms with Crippen molar-refractivity contribution < 1.29 is 4.74 Å². The Morgan fingerprint density at radius 2 is 1.96 bits per heavy atom. The summed E-state index contributed by atoms with van der Waals surface area (Å²) in [5.74, 6) is 2.16. The van der Waals surface area contributed by atoms with Gasteiger partial charge in [-0.3, -0.25) is 0 Å². The number of nitrogens with zero attached hydrogens (tertiary/aromatic N) is 2. The maximum absolute atomic E-state index is 6.10. The lowest BCUT2D eigenvalue weighted by Crippen LogP contribution is -1.93. The van der Waals surface area contributed by atoms with Gasteiger partial charge in [-0.2, -0.15) is 4.98 Å². The minimum absolute atomic E-state index is 0.608. The lowest BCUT2D eigenvalue weighted by molar-refractivity contribution is 0.464. The predicted octanol–water partition coefficient (Wildman–Crippen LogP) is 5.91. The fraction of sp³-hybridized carbons (Fsp3) is 0.0526. The van der Waals surface area contributed by atoms with Crippen LogP contribution in [0.15, 0.2) is 71.7 Å². The second-order valence-electron chi connectivity index (χ2n) is 5.16. The fourth-order valence-electron chi connectivity index (χ4n) is 2.43. The van der Waals surface area contributed by atoms with Gasteiger partial charge in [0.15, 0.2) is 5.16 Å². The molecule has 4 aromatic rings. The van der Waals surface area contributed by atoms with E-state index in [0.717, 1.165) is 27.1 Å². The van der Waals surface area contributed by atoms with Crippen LogP contribution in [0.2, 0.25) is 0 Å². The first-order valence-electron chi connectivity index (χ1n) is 7.49. The number of thiophene rings is 1. The van der Waals surface area contributed by atoms with Gasteiger partial charge in [-0.15, -0.1) is 17.9 Å². The first kappa shape index (κ1) is 15.2. The summed E-state index contributed by atoms with van der Waals surface area (Å²) in [4.78, 5) is 9.14. The molecule has 5 heteroatoms. The maximum atomic E-state index is 6.10. The van der Waals surface area contributed by atoms with E-state index in [9.17, 15) is 0 Å². The zero-order chi connectivity index (χ0) is 16.4. The lowest BCUT2D eigenvalue weighted by atomic mass is 10.1. The van der Waals surface area contributed by atoms with Crippen LogP contribution in [0.1, 0.15) is 0 Å². The highest BCUT2D eigenvalue weighted by Crippen LogP contribution is 2.34. The van der Waals surface area contributed by atoms with E-state index in [1.165, 1.54) is 5.39 Å². The highest BCUT2D eigenvalue weighted by atomic mass is 32.2. The summed E-state index contributed by atoms with van der Waals surface area (Å²) in [6.07, 6.45) is 1.84. The van der Waals surface area contributed by atoms with E-state index < -0.39 is 0 Å². The second kappa shape index (κ2) is 6.63. The SMILES string of the molecule is C=CCSc1nc(Oc2ccc3ccccc3c2)c2sccc2n1. The molecule has 0 radical (unpaired) electrons. The average Bonchev–Trinajstić information content (AvgIpc) is 3.09. The van der Waals surface area contributed by atoms with Gasteiger partial charge < -0.3 is 4.74 Å². The molecule has 0 bridgehead atoms. The summed E-state index contributed by atoms with van der Waals surface area (Å²) in [7, 11) is 0. The molecule has 0 amide bonds. The predicted molar refractivity (Wildman–Crippen MR) is 102 cm³/mol. The number of rotatable bonds is 5. The summed E-state index contributed by atoms with van der Waals surface area (Å²) in [5, 5.41) is 5.05. The topological polar surface area (TPSA) is 35.0 Å². The van der Waals surface area contributed by atoms with E-state index >= 15 is 0 Å². The van der Waals surface area contributed by atoms with E-state index in [-0.39, 0.29) is 0 Å². The van der Waals surface area contributed by atoms with Crippen LogP contribution in [0.25, 0.3) is 21.0 Å². The van der Waals surface area contributed by atoms with Crippen LogP contribution in [0, 0.1) is 0 Å². The molecule has 0 aliphatic heterocycles. The fourth-order valence-corrected chi connectivity index (χ4v) is 3.76. The molecular formula is C19H14N2OS2. The molecule has 0 atom stereocenters. The average molecular weight is 350 g/mol. The van der Waals surface area contributed by atoms with Gasteiger partial charge >= 0.3 is 0 Å². The third-order valence-electron chi connectivity index (χ3n) is 3.52. The molecule has 0 aliphatic carbocycles. The normalized spacial score (nSPS) is 11.0. The van der Waals surface area contributed by atoms with E-state index in [1.807, 2.05) is 41.8 Å².